The van der Waals surface area contributed by atoms with Gasteiger partial charge in [0.1, 0.15) is 6.07 Å². The van der Waals surface area contributed by atoms with E-state index in [0.717, 1.165) is 50.4 Å². The SMILES string of the molecule is N#Cc1nc(C=Cc2ccccc2)oc1N1CCN(CCc2ccccn2)CC1. The van der Waals surface area contributed by atoms with Crippen LogP contribution in [0.15, 0.2) is 59.1 Å². The van der Waals surface area contributed by atoms with Crippen molar-refractivity contribution in [3.05, 3.63) is 77.6 Å². The summed E-state index contributed by atoms with van der Waals surface area (Å²) < 4.78 is 5.91. The normalized spacial score (nSPS) is 14.9. The van der Waals surface area contributed by atoms with Crippen LogP contribution in [0, 0.1) is 11.3 Å². The van der Waals surface area contributed by atoms with E-state index in [1.807, 2.05) is 60.8 Å². The summed E-state index contributed by atoms with van der Waals surface area (Å²) in [7, 11) is 0. The number of aromatic nitrogens is 2. The zero-order valence-corrected chi connectivity index (χ0v) is 16.2. The van der Waals surface area contributed by atoms with E-state index in [2.05, 4.69) is 31.9 Å². The molecule has 0 bridgehead atoms. The van der Waals surface area contributed by atoms with Gasteiger partial charge in [0.05, 0.1) is 0 Å². The molecule has 3 aromatic rings. The number of hydrogen-bond acceptors (Lipinski definition) is 6. The summed E-state index contributed by atoms with van der Waals surface area (Å²) in [6.45, 7) is 4.46. The average Bonchev–Trinajstić information content (AvgIpc) is 3.21. The molecular formula is C23H23N5O. The molecule has 0 amide bonds. The summed E-state index contributed by atoms with van der Waals surface area (Å²) >= 11 is 0. The van der Waals surface area contributed by atoms with Crippen LogP contribution in [-0.4, -0.2) is 47.6 Å². The Kier molecular flexibility index (Phi) is 5.98. The fourth-order valence-electron chi connectivity index (χ4n) is 3.41. The van der Waals surface area contributed by atoms with Gasteiger partial charge >= 0.3 is 0 Å². The maximum absolute atomic E-state index is 9.47. The van der Waals surface area contributed by atoms with Crippen LogP contribution < -0.4 is 4.90 Å². The molecule has 1 aliphatic heterocycles. The third-order valence-corrected chi connectivity index (χ3v) is 5.02. The van der Waals surface area contributed by atoms with Gasteiger partial charge in [-0.15, -0.1) is 0 Å². The molecular weight excluding hydrogens is 362 g/mol. The van der Waals surface area contributed by atoms with Gasteiger partial charge in [0.25, 0.3) is 0 Å². The van der Waals surface area contributed by atoms with Crippen LogP contribution in [0.4, 0.5) is 5.88 Å². The zero-order chi connectivity index (χ0) is 19.9. The Morgan fingerprint density at radius 3 is 2.52 bits per heavy atom. The Balaban J connectivity index is 1.36. The van der Waals surface area contributed by atoms with Crippen LogP contribution in [0.3, 0.4) is 0 Å². The highest BCUT2D eigenvalue weighted by molar-refractivity contribution is 5.67. The van der Waals surface area contributed by atoms with Crippen molar-refractivity contribution in [2.75, 3.05) is 37.6 Å². The fourth-order valence-corrected chi connectivity index (χ4v) is 3.41. The summed E-state index contributed by atoms with van der Waals surface area (Å²) in [6, 6.07) is 18.2. The Morgan fingerprint density at radius 1 is 1.00 bits per heavy atom. The van der Waals surface area contributed by atoms with Crippen molar-refractivity contribution in [2.45, 2.75) is 6.42 Å². The zero-order valence-electron chi connectivity index (χ0n) is 16.2. The minimum Gasteiger partial charge on any atom is -0.420 e. The average molecular weight is 385 g/mol. The third kappa shape index (κ3) is 4.89. The maximum atomic E-state index is 9.47. The molecule has 2 aromatic heterocycles. The first-order valence-electron chi connectivity index (χ1n) is 9.83. The highest BCUT2D eigenvalue weighted by Crippen LogP contribution is 2.24. The molecule has 1 aliphatic rings. The summed E-state index contributed by atoms with van der Waals surface area (Å²) in [5, 5.41) is 9.47. The monoisotopic (exact) mass is 385 g/mol. The number of anilines is 1. The van der Waals surface area contributed by atoms with E-state index in [-0.39, 0.29) is 0 Å². The number of benzene rings is 1. The molecule has 0 atom stereocenters. The van der Waals surface area contributed by atoms with E-state index in [0.29, 0.717) is 17.5 Å². The number of nitrogens with zero attached hydrogens (tertiary/aromatic N) is 5. The topological polar surface area (TPSA) is 69.2 Å². The van der Waals surface area contributed by atoms with Gasteiger partial charge in [0, 0.05) is 57.1 Å². The van der Waals surface area contributed by atoms with Gasteiger partial charge in [0.15, 0.2) is 0 Å². The second-order valence-electron chi connectivity index (χ2n) is 6.96. The number of piperazine rings is 1. The molecule has 1 fully saturated rings. The lowest BCUT2D eigenvalue weighted by atomic mass is 10.2. The molecule has 0 radical (unpaired) electrons. The Hall–Kier alpha value is -3.43. The molecule has 29 heavy (non-hydrogen) atoms. The van der Waals surface area contributed by atoms with Crippen molar-refractivity contribution in [2.24, 2.45) is 0 Å². The van der Waals surface area contributed by atoms with Gasteiger partial charge < -0.3 is 9.32 Å². The van der Waals surface area contributed by atoms with Crippen LogP contribution in [-0.2, 0) is 6.42 Å². The first-order valence-corrected chi connectivity index (χ1v) is 9.83. The summed E-state index contributed by atoms with van der Waals surface area (Å²) in [5.41, 5.74) is 2.53. The number of hydrogen-bond donors (Lipinski definition) is 0. The maximum Gasteiger partial charge on any atom is 0.235 e. The number of rotatable bonds is 6. The second kappa shape index (κ2) is 9.18. The molecule has 1 saturated heterocycles. The van der Waals surface area contributed by atoms with Gasteiger partial charge in [-0.3, -0.25) is 9.88 Å². The number of pyridine rings is 1. The summed E-state index contributed by atoms with van der Waals surface area (Å²) in [4.78, 5) is 13.3. The lowest BCUT2D eigenvalue weighted by molar-refractivity contribution is 0.256. The van der Waals surface area contributed by atoms with E-state index in [1.54, 1.807) is 0 Å². The third-order valence-electron chi connectivity index (χ3n) is 5.02. The largest absolute Gasteiger partial charge is 0.420 e. The predicted molar refractivity (Wildman–Crippen MR) is 113 cm³/mol. The van der Waals surface area contributed by atoms with Crippen LogP contribution in [0.5, 0.6) is 0 Å². The molecule has 6 heteroatoms. The quantitative estimate of drug-likeness (QED) is 0.647. The standard InChI is InChI=1S/C23H23N5O/c24-18-21-23(29-22(26-21)10-9-19-6-2-1-3-7-19)28-16-14-27(15-17-28)13-11-20-8-4-5-12-25-20/h1-10,12H,11,13-17H2. The summed E-state index contributed by atoms with van der Waals surface area (Å²) in [6.07, 6.45) is 6.53. The second-order valence-corrected chi connectivity index (χ2v) is 6.96. The van der Waals surface area contributed by atoms with E-state index in [4.69, 9.17) is 4.42 Å². The Bertz CT molecular complexity index is 983. The molecule has 0 saturated carbocycles. The lowest BCUT2D eigenvalue weighted by Crippen LogP contribution is -2.47. The molecule has 6 nitrogen and oxygen atoms in total. The minimum absolute atomic E-state index is 0.347. The van der Waals surface area contributed by atoms with Crippen LogP contribution >= 0.6 is 0 Å². The number of nitriles is 1. The van der Waals surface area contributed by atoms with E-state index in [9.17, 15) is 5.26 Å². The highest BCUT2D eigenvalue weighted by Gasteiger charge is 2.23. The van der Waals surface area contributed by atoms with Crippen molar-refractivity contribution in [1.29, 1.82) is 5.26 Å². The van der Waals surface area contributed by atoms with Crippen molar-refractivity contribution in [1.82, 2.24) is 14.9 Å². The van der Waals surface area contributed by atoms with Gasteiger partial charge in [-0.05, 0) is 23.8 Å². The molecule has 1 aromatic carbocycles. The Morgan fingerprint density at radius 2 is 1.79 bits per heavy atom. The smallest absolute Gasteiger partial charge is 0.235 e. The van der Waals surface area contributed by atoms with Crippen molar-refractivity contribution in [3.63, 3.8) is 0 Å². The molecule has 0 N–H and O–H groups in total. The molecule has 4 rings (SSSR count). The van der Waals surface area contributed by atoms with Crippen LogP contribution in [0.25, 0.3) is 12.2 Å². The minimum atomic E-state index is 0.347. The van der Waals surface area contributed by atoms with Crippen LogP contribution in [0.2, 0.25) is 0 Å². The van der Waals surface area contributed by atoms with Crippen molar-refractivity contribution < 1.29 is 4.42 Å². The highest BCUT2D eigenvalue weighted by atomic mass is 16.4. The first-order chi connectivity index (χ1) is 14.3. The van der Waals surface area contributed by atoms with Crippen molar-refractivity contribution in [3.8, 4) is 6.07 Å². The molecule has 0 aliphatic carbocycles. The fraction of sp³-hybridized carbons (Fsp3) is 0.261. The van der Waals surface area contributed by atoms with Gasteiger partial charge in [-0.25, -0.2) is 0 Å². The van der Waals surface area contributed by atoms with Crippen LogP contribution in [0.1, 0.15) is 22.8 Å². The summed E-state index contributed by atoms with van der Waals surface area (Å²) in [5.74, 6) is 1.03. The van der Waals surface area contributed by atoms with Gasteiger partial charge in [0.2, 0.25) is 17.5 Å². The molecule has 0 spiro atoms. The van der Waals surface area contributed by atoms with E-state index < -0.39 is 0 Å². The van der Waals surface area contributed by atoms with E-state index in [1.165, 1.54) is 0 Å². The van der Waals surface area contributed by atoms with Gasteiger partial charge in [-0.1, -0.05) is 36.4 Å². The molecule has 0 unspecified atom stereocenters. The number of oxazole rings is 1. The first kappa shape index (κ1) is 18.9. The Labute approximate surface area is 170 Å². The van der Waals surface area contributed by atoms with Gasteiger partial charge in [-0.2, -0.15) is 10.2 Å². The lowest BCUT2D eigenvalue weighted by Gasteiger charge is -2.34. The van der Waals surface area contributed by atoms with E-state index >= 15 is 0 Å². The molecule has 146 valence electrons. The molecule has 3 heterocycles. The van der Waals surface area contributed by atoms with Crippen molar-refractivity contribution >= 4 is 18.0 Å². The predicted octanol–water partition coefficient (Wildman–Crippen LogP) is 3.48.